The van der Waals surface area contributed by atoms with Gasteiger partial charge in [-0.05, 0) is 38.3 Å². The van der Waals surface area contributed by atoms with Gasteiger partial charge in [-0.3, -0.25) is 4.79 Å². The molecule has 3 aromatic rings. The Balaban J connectivity index is 1.38. The Morgan fingerprint density at radius 2 is 2.28 bits per heavy atom. The number of nitrogens with zero attached hydrogens (tertiary/aromatic N) is 3. The van der Waals surface area contributed by atoms with Crippen LogP contribution in [0.5, 0.6) is 5.75 Å². The van der Waals surface area contributed by atoms with E-state index in [9.17, 15) is 4.79 Å². The number of aryl methyl sites for hydroxylation is 1. The summed E-state index contributed by atoms with van der Waals surface area (Å²) in [6.07, 6.45) is 3.04. The minimum absolute atomic E-state index is 0.115. The summed E-state index contributed by atoms with van der Waals surface area (Å²) < 4.78 is 17.9. The summed E-state index contributed by atoms with van der Waals surface area (Å²) in [5.74, 6) is 1.09. The van der Waals surface area contributed by atoms with Crippen LogP contribution in [0.2, 0.25) is 0 Å². The Kier molecular flexibility index (Phi) is 6.10. The maximum absolute atomic E-state index is 12.9. The summed E-state index contributed by atoms with van der Waals surface area (Å²) in [5, 5.41) is 4.98. The molecule has 1 aliphatic heterocycles. The highest BCUT2D eigenvalue weighted by Crippen LogP contribution is 2.26. The van der Waals surface area contributed by atoms with Crippen LogP contribution in [0.1, 0.15) is 47.4 Å². The third-order valence-electron chi connectivity index (χ3n) is 4.85. The molecule has 0 saturated carbocycles. The molecule has 0 aliphatic carbocycles. The van der Waals surface area contributed by atoms with E-state index in [1.54, 1.807) is 22.3 Å². The number of hydrogen-bond donors (Lipinski definition) is 0. The molecule has 1 aromatic carbocycles. The van der Waals surface area contributed by atoms with Gasteiger partial charge in [-0.15, -0.1) is 11.3 Å². The van der Waals surface area contributed by atoms with Crippen LogP contribution in [0.4, 0.5) is 0 Å². The second-order valence-electron chi connectivity index (χ2n) is 7.22. The number of ether oxygens (including phenoxy) is 2. The first-order valence-corrected chi connectivity index (χ1v) is 10.8. The van der Waals surface area contributed by atoms with Crippen molar-refractivity contribution in [3.05, 3.63) is 40.7 Å². The number of carbonyl (C=O) groups is 1. The Labute approximate surface area is 173 Å². The van der Waals surface area contributed by atoms with Gasteiger partial charge in [-0.1, -0.05) is 12.1 Å². The number of carbonyl (C=O) groups excluding carboxylic acids is 1. The van der Waals surface area contributed by atoms with Gasteiger partial charge in [0.25, 0.3) is 5.91 Å². The van der Waals surface area contributed by atoms with Crippen LogP contribution in [-0.2, 0) is 11.3 Å². The molecule has 1 atom stereocenters. The molecule has 2 aromatic heterocycles. The normalized spacial score (nSPS) is 16.4. The van der Waals surface area contributed by atoms with Gasteiger partial charge in [0.2, 0.25) is 0 Å². The molecular weight excluding hydrogens is 390 g/mol. The molecule has 1 fully saturated rings. The first-order chi connectivity index (χ1) is 14.1. The number of benzene rings is 1. The quantitative estimate of drug-likeness (QED) is 0.549. The molecule has 0 N–H and O–H groups in total. The Bertz CT molecular complexity index is 977. The number of aromatic nitrogens is 2. The minimum Gasteiger partial charge on any atom is -0.485 e. The predicted molar refractivity (Wildman–Crippen MR) is 110 cm³/mol. The maximum Gasteiger partial charge on any atom is 0.276 e. The van der Waals surface area contributed by atoms with Crippen molar-refractivity contribution in [2.45, 2.75) is 45.8 Å². The average Bonchev–Trinajstić information content (AvgIpc) is 3.45. The highest BCUT2D eigenvalue weighted by atomic mass is 32.1. The SMILES string of the molecule is CCCN(CC1CCCO1)C(=O)c1cc(COc2ccc3sc(C)nc3c2)on1. The summed E-state index contributed by atoms with van der Waals surface area (Å²) in [6.45, 7) is 6.28. The van der Waals surface area contributed by atoms with Crippen LogP contribution in [-0.4, -0.2) is 46.7 Å². The standard InChI is InChI=1S/C21H25N3O4S/c1-3-8-24(12-16-5-4-9-26-16)21(25)19-11-17(28-23-19)13-27-15-6-7-20-18(10-15)22-14(2)29-20/h6-7,10-11,16H,3-5,8-9,12-13H2,1-2H3. The van der Waals surface area contributed by atoms with E-state index in [4.69, 9.17) is 14.0 Å². The van der Waals surface area contributed by atoms with E-state index in [1.165, 1.54) is 0 Å². The number of hydrogen-bond acceptors (Lipinski definition) is 7. The minimum atomic E-state index is -0.128. The van der Waals surface area contributed by atoms with Crippen LogP contribution in [0.3, 0.4) is 0 Å². The van der Waals surface area contributed by atoms with Crippen molar-refractivity contribution in [3.8, 4) is 5.75 Å². The molecule has 29 heavy (non-hydrogen) atoms. The average molecular weight is 416 g/mol. The second-order valence-corrected chi connectivity index (χ2v) is 8.45. The lowest BCUT2D eigenvalue weighted by molar-refractivity contribution is 0.0518. The highest BCUT2D eigenvalue weighted by molar-refractivity contribution is 7.18. The van der Waals surface area contributed by atoms with E-state index >= 15 is 0 Å². The van der Waals surface area contributed by atoms with Crippen molar-refractivity contribution in [1.82, 2.24) is 15.0 Å². The summed E-state index contributed by atoms with van der Waals surface area (Å²) in [5.41, 5.74) is 1.23. The van der Waals surface area contributed by atoms with Gasteiger partial charge in [0.05, 0.1) is 21.3 Å². The largest absolute Gasteiger partial charge is 0.485 e. The molecule has 8 heteroatoms. The van der Waals surface area contributed by atoms with Crippen molar-refractivity contribution >= 4 is 27.5 Å². The highest BCUT2D eigenvalue weighted by Gasteiger charge is 2.25. The second kappa shape index (κ2) is 8.92. The number of rotatable bonds is 8. The molecule has 3 heterocycles. The zero-order valence-electron chi connectivity index (χ0n) is 16.7. The lowest BCUT2D eigenvalue weighted by Gasteiger charge is -2.24. The number of fused-ring (bicyclic) bond motifs is 1. The van der Waals surface area contributed by atoms with Crippen LogP contribution in [0, 0.1) is 6.92 Å². The Morgan fingerprint density at radius 3 is 3.07 bits per heavy atom. The molecule has 7 nitrogen and oxygen atoms in total. The van der Waals surface area contributed by atoms with Crippen molar-refractivity contribution in [2.24, 2.45) is 0 Å². The van der Waals surface area contributed by atoms with E-state index in [1.807, 2.05) is 25.1 Å². The summed E-state index contributed by atoms with van der Waals surface area (Å²) in [4.78, 5) is 19.1. The molecule has 0 spiro atoms. The monoisotopic (exact) mass is 415 g/mol. The fourth-order valence-electron chi connectivity index (χ4n) is 3.49. The topological polar surface area (TPSA) is 77.7 Å². The summed E-state index contributed by atoms with van der Waals surface area (Å²) >= 11 is 1.65. The fourth-order valence-corrected chi connectivity index (χ4v) is 4.30. The zero-order chi connectivity index (χ0) is 20.2. The van der Waals surface area contributed by atoms with E-state index in [2.05, 4.69) is 17.1 Å². The summed E-state index contributed by atoms with van der Waals surface area (Å²) in [7, 11) is 0. The van der Waals surface area contributed by atoms with Crippen LogP contribution in [0.25, 0.3) is 10.2 Å². The van der Waals surface area contributed by atoms with Gasteiger partial charge in [0.1, 0.15) is 12.4 Å². The van der Waals surface area contributed by atoms with Gasteiger partial charge in [0, 0.05) is 31.8 Å². The molecule has 0 bridgehead atoms. The van der Waals surface area contributed by atoms with Crippen molar-refractivity contribution < 1.29 is 18.8 Å². The van der Waals surface area contributed by atoms with Crippen molar-refractivity contribution in [1.29, 1.82) is 0 Å². The Hall–Kier alpha value is -2.45. The van der Waals surface area contributed by atoms with Crippen LogP contribution in [0.15, 0.2) is 28.8 Å². The third kappa shape index (κ3) is 4.76. The first-order valence-electron chi connectivity index (χ1n) is 9.99. The molecule has 1 amide bonds. The summed E-state index contributed by atoms with van der Waals surface area (Å²) in [6, 6.07) is 7.48. The van der Waals surface area contributed by atoms with E-state index in [-0.39, 0.29) is 18.6 Å². The molecule has 154 valence electrons. The molecule has 4 rings (SSSR count). The Morgan fingerprint density at radius 1 is 1.38 bits per heavy atom. The molecule has 0 radical (unpaired) electrons. The fraction of sp³-hybridized carbons (Fsp3) is 0.476. The van der Waals surface area contributed by atoms with Gasteiger partial charge in [-0.25, -0.2) is 4.98 Å². The molecule has 1 unspecified atom stereocenters. The predicted octanol–water partition coefficient (Wildman–Crippen LogP) is 4.20. The van der Waals surface area contributed by atoms with Crippen LogP contribution < -0.4 is 4.74 Å². The third-order valence-corrected chi connectivity index (χ3v) is 5.81. The van der Waals surface area contributed by atoms with E-state index in [0.717, 1.165) is 41.1 Å². The van der Waals surface area contributed by atoms with E-state index < -0.39 is 0 Å². The first kappa shape index (κ1) is 19.8. The van der Waals surface area contributed by atoms with Gasteiger partial charge >= 0.3 is 0 Å². The zero-order valence-corrected chi connectivity index (χ0v) is 17.5. The van der Waals surface area contributed by atoms with Crippen LogP contribution >= 0.6 is 11.3 Å². The van der Waals surface area contributed by atoms with Gasteiger partial charge < -0.3 is 18.9 Å². The van der Waals surface area contributed by atoms with Gasteiger partial charge in [-0.2, -0.15) is 0 Å². The lowest BCUT2D eigenvalue weighted by Crippen LogP contribution is -2.38. The number of thiazole rings is 1. The molecule has 1 saturated heterocycles. The molecule has 1 aliphatic rings. The van der Waals surface area contributed by atoms with Crippen molar-refractivity contribution in [3.63, 3.8) is 0 Å². The lowest BCUT2D eigenvalue weighted by atomic mass is 10.2. The van der Waals surface area contributed by atoms with Gasteiger partial charge in [0.15, 0.2) is 11.5 Å². The smallest absolute Gasteiger partial charge is 0.276 e. The maximum atomic E-state index is 12.9. The number of amides is 1. The van der Waals surface area contributed by atoms with Crippen molar-refractivity contribution in [2.75, 3.05) is 19.7 Å². The van der Waals surface area contributed by atoms with E-state index in [0.29, 0.717) is 30.3 Å². The molecular formula is C21H25N3O4S.